The molecule has 0 aliphatic rings. The summed E-state index contributed by atoms with van der Waals surface area (Å²) in [6.07, 6.45) is 1.88. The first-order valence-electron chi connectivity index (χ1n) is 8.55. The average Bonchev–Trinajstić information content (AvgIpc) is 2.61. The Labute approximate surface area is 149 Å². The van der Waals surface area contributed by atoms with Gasteiger partial charge in [-0.2, -0.15) is 0 Å². The zero-order valence-corrected chi connectivity index (χ0v) is 15.3. The molecule has 1 atom stereocenters. The molecule has 0 radical (unpaired) electrons. The first kappa shape index (κ1) is 20.7. The SMILES string of the molecule is C=CCCOC(C)C(=O)Nc1cccc(OCC(=O)N(CC)CC)c1. The van der Waals surface area contributed by atoms with Crippen molar-refractivity contribution in [3.8, 4) is 5.75 Å². The molecule has 0 bridgehead atoms. The maximum Gasteiger partial charge on any atom is 0.260 e. The van der Waals surface area contributed by atoms with Crippen LogP contribution in [0.5, 0.6) is 5.75 Å². The van der Waals surface area contributed by atoms with E-state index in [9.17, 15) is 9.59 Å². The third kappa shape index (κ3) is 7.39. The second-order valence-electron chi connectivity index (χ2n) is 5.46. The van der Waals surface area contributed by atoms with Crippen molar-refractivity contribution >= 4 is 17.5 Å². The van der Waals surface area contributed by atoms with E-state index in [2.05, 4.69) is 11.9 Å². The normalized spacial score (nSPS) is 11.5. The zero-order chi connectivity index (χ0) is 18.7. The molecule has 6 nitrogen and oxygen atoms in total. The van der Waals surface area contributed by atoms with E-state index >= 15 is 0 Å². The van der Waals surface area contributed by atoms with Gasteiger partial charge in [0.25, 0.3) is 11.8 Å². The standard InChI is InChI=1S/C19H28N2O4/c1-5-8-12-24-15(4)19(23)20-16-10-9-11-17(13-16)25-14-18(22)21(6-2)7-3/h5,9-11,13,15H,1,6-8,12,14H2,2-4H3,(H,20,23). The van der Waals surface area contributed by atoms with Gasteiger partial charge in [-0.3, -0.25) is 9.59 Å². The Hall–Kier alpha value is -2.34. The molecule has 1 rings (SSSR count). The number of nitrogens with one attached hydrogen (secondary N) is 1. The van der Waals surface area contributed by atoms with Crippen molar-refractivity contribution in [2.45, 2.75) is 33.3 Å². The Kier molecular flexibility index (Phi) is 9.32. The van der Waals surface area contributed by atoms with Gasteiger partial charge >= 0.3 is 0 Å². The van der Waals surface area contributed by atoms with E-state index in [1.807, 2.05) is 13.8 Å². The Morgan fingerprint density at radius 3 is 2.68 bits per heavy atom. The summed E-state index contributed by atoms with van der Waals surface area (Å²) in [6.45, 7) is 10.9. The molecule has 0 saturated heterocycles. The molecule has 0 saturated carbocycles. The lowest BCUT2D eigenvalue weighted by atomic mass is 10.2. The number of nitrogens with zero attached hydrogens (tertiary/aromatic N) is 1. The van der Waals surface area contributed by atoms with Crippen LogP contribution < -0.4 is 10.1 Å². The molecule has 1 aromatic carbocycles. The maximum atomic E-state index is 12.1. The highest BCUT2D eigenvalue weighted by atomic mass is 16.5. The van der Waals surface area contributed by atoms with E-state index in [0.29, 0.717) is 37.6 Å². The Morgan fingerprint density at radius 1 is 1.32 bits per heavy atom. The summed E-state index contributed by atoms with van der Waals surface area (Å²) in [5.74, 6) is 0.225. The van der Waals surface area contributed by atoms with Crippen molar-refractivity contribution in [2.75, 3.05) is 31.6 Å². The minimum Gasteiger partial charge on any atom is -0.484 e. The van der Waals surface area contributed by atoms with E-state index in [0.717, 1.165) is 0 Å². The minimum absolute atomic E-state index is 0.0276. The molecule has 6 heteroatoms. The fraction of sp³-hybridized carbons (Fsp3) is 0.474. The largest absolute Gasteiger partial charge is 0.484 e. The third-order valence-electron chi connectivity index (χ3n) is 3.64. The number of carbonyl (C=O) groups is 2. The van der Waals surface area contributed by atoms with Gasteiger partial charge in [0.05, 0.1) is 6.61 Å². The van der Waals surface area contributed by atoms with Crippen LogP contribution in [-0.2, 0) is 14.3 Å². The van der Waals surface area contributed by atoms with Gasteiger partial charge in [0.1, 0.15) is 11.9 Å². The number of benzene rings is 1. The molecule has 0 aliphatic carbocycles. The van der Waals surface area contributed by atoms with Crippen LogP contribution in [0.3, 0.4) is 0 Å². The lowest BCUT2D eigenvalue weighted by Crippen LogP contribution is -2.34. The molecule has 1 unspecified atom stereocenters. The molecule has 25 heavy (non-hydrogen) atoms. The molecular weight excluding hydrogens is 320 g/mol. The highest BCUT2D eigenvalue weighted by Crippen LogP contribution is 2.18. The second-order valence-corrected chi connectivity index (χ2v) is 5.46. The fourth-order valence-electron chi connectivity index (χ4n) is 2.12. The van der Waals surface area contributed by atoms with E-state index in [1.165, 1.54) is 0 Å². The van der Waals surface area contributed by atoms with Crippen LogP contribution >= 0.6 is 0 Å². The molecule has 0 spiro atoms. The van der Waals surface area contributed by atoms with Gasteiger partial charge in [0, 0.05) is 24.8 Å². The number of hydrogen-bond acceptors (Lipinski definition) is 4. The van der Waals surface area contributed by atoms with Crippen molar-refractivity contribution in [3.05, 3.63) is 36.9 Å². The van der Waals surface area contributed by atoms with Crippen molar-refractivity contribution < 1.29 is 19.1 Å². The molecule has 0 heterocycles. The van der Waals surface area contributed by atoms with E-state index < -0.39 is 6.10 Å². The summed E-state index contributed by atoms with van der Waals surface area (Å²) in [7, 11) is 0. The number of carbonyl (C=O) groups excluding carboxylic acids is 2. The van der Waals surface area contributed by atoms with Gasteiger partial charge in [-0.25, -0.2) is 0 Å². The summed E-state index contributed by atoms with van der Waals surface area (Å²) < 4.78 is 10.9. The highest BCUT2D eigenvalue weighted by Gasteiger charge is 2.14. The fourth-order valence-corrected chi connectivity index (χ4v) is 2.12. The Bertz CT molecular complexity index is 570. The van der Waals surface area contributed by atoms with E-state index in [4.69, 9.17) is 9.47 Å². The lowest BCUT2D eigenvalue weighted by Gasteiger charge is -2.19. The predicted octanol–water partition coefficient (Wildman–Crippen LogP) is 2.85. The van der Waals surface area contributed by atoms with Gasteiger partial charge in [0.15, 0.2) is 6.61 Å². The third-order valence-corrected chi connectivity index (χ3v) is 3.64. The molecule has 0 aromatic heterocycles. The monoisotopic (exact) mass is 348 g/mol. The van der Waals surface area contributed by atoms with Crippen LogP contribution in [0, 0.1) is 0 Å². The van der Waals surface area contributed by atoms with Crippen molar-refractivity contribution in [3.63, 3.8) is 0 Å². The van der Waals surface area contributed by atoms with Crippen LogP contribution in [0.25, 0.3) is 0 Å². The summed E-state index contributed by atoms with van der Waals surface area (Å²) in [5.41, 5.74) is 0.594. The molecule has 0 fully saturated rings. The molecular formula is C19H28N2O4. The molecule has 138 valence electrons. The van der Waals surface area contributed by atoms with Crippen LogP contribution in [0.2, 0.25) is 0 Å². The number of hydrogen-bond donors (Lipinski definition) is 1. The lowest BCUT2D eigenvalue weighted by molar-refractivity contribution is -0.133. The van der Waals surface area contributed by atoms with Crippen LogP contribution in [-0.4, -0.2) is 49.1 Å². The average molecular weight is 348 g/mol. The van der Waals surface area contributed by atoms with Gasteiger partial charge in [-0.05, 0) is 39.3 Å². The number of amides is 2. The smallest absolute Gasteiger partial charge is 0.260 e. The van der Waals surface area contributed by atoms with Gasteiger partial charge in [0.2, 0.25) is 0 Å². The summed E-state index contributed by atoms with van der Waals surface area (Å²) in [4.78, 5) is 25.8. The van der Waals surface area contributed by atoms with Crippen LogP contribution in [0.15, 0.2) is 36.9 Å². The summed E-state index contributed by atoms with van der Waals surface area (Å²) in [6, 6.07) is 6.95. The minimum atomic E-state index is -0.561. The predicted molar refractivity (Wildman–Crippen MR) is 98.7 cm³/mol. The zero-order valence-electron chi connectivity index (χ0n) is 15.3. The number of likely N-dealkylation sites (N-methyl/N-ethyl adjacent to an activating group) is 1. The quantitative estimate of drug-likeness (QED) is 0.493. The highest BCUT2D eigenvalue weighted by molar-refractivity contribution is 5.94. The number of anilines is 1. The number of ether oxygens (including phenoxy) is 2. The van der Waals surface area contributed by atoms with Crippen molar-refractivity contribution in [1.82, 2.24) is 4.90 Å². The first-order chi connectivity index (χ1) is 12.0. The maximum absolute atomic E-state index is 12.1. The van der Waals surface area contributed by atoms with Crippen molar-refractivity contribution in [2.24, 2.45) is 0 Å². The van der Waals surface area contributed by atoms with Crippen LogP contribution in [0.1, 0.15) is 27.2 Å². The molecule has 2 amide bonds. The number of rotatable bonds is 11. The van der Waals surface area contributed by atoms with Gasteiger partial charge in [-0.1, -0.05) is 12.1 Å². The Balaban J connectivity index is 2.55. The first-order valence-corrected chi connectivity index (χ1v) is 8.55. The summed E-state index contributed by atoms with van der Waals surface area (Å²) in [5, 5.41) is 2.78. The van der Waals surface area contributed by atoms with E-state index in [-0.39, 0.29) is 18.4 Å². The van der Waals surface area contributed by atoms with Crippen LogP contribution in [0.4, 0.5) is 5.69 Å². The van der Waals surface area contributed by atoms with Crippen molar-refractivity contribution in [1.29, 1.82) is 0 Å². The Morgan fingerprint density at radius 2 is 2.04 bits per heavy atom. The topological polar surface area (TPSA) is 67.9 Å². The van der Waals surface area contributed by atoms with Gasteiger partial charge < -0.3 is 19.7 Å². The molecule has 1 aromatic rings. The molecule has 1 N–H and O–H groups in total. The molecule has 0 aliphatic heterocycles. The van der Waals surface area contributed by atoms with Gasteiger partial charge in [-0.15, -0.1) is 6.58 Å². The summed E-state index contributed by atoms with van der Waals surface area (Å²) >= 11 is 0. The second kappa shape index (κ2) is 11.3. The van der Waals surface area contributed by atoms with E-state index in [1.54, 1.807) is 42.2 Å².